The van der Waals surface area contributed by atoms with E-state index >= 15 is 0 Å². The van der Waals surface area contributed by atoms with Gasteiger partial charge in [0.05, 0.1) is 41.2 Å². The fourth-order valence-electron chi connectivity index (χ4n) is 3.96. The molecule has 1 aromatic carbocycles. The summed E-state index contributed by atoms with van der Waals surface area (Å²) in [5.74, 6) is 0.385. The van der Waals surface area contributed by atoms with Gasteiger partial charge in [0.1, 0.15) is 17.4 Å². The van der Waals surface area contributed by atoms with Crippen LogP contribution in [-0.2, 0) is 0 Å². The van der Waals surface area contributed by atoms with Crippen molar-refractivity contribution in [3.63, 3.8) is 0 Å². The Balaban J connectivity index is 1.55. The first kappa shape index (κ1) is 21.5. The number of amides is 1. The molecule has 4 rings (SSSR count). The molecule has 2 heterocycles. The van der Waals surface area contributed by atoms with Crippen molar-refractivity contribution in [3.05, 3.63) is 51.7 Å². The maximum absolute atomic E-state index is 13.9. The van der Waals surface area contributed by atoms with Gasteiger partial charge < -0.3 is 26.1 Å². The van der Waals surface area contributed by atoms with Crippen molar-refractivity contribution >= 4 is 28.9 Å². The van der Waals surface area contributed by atoms with Crippen LogP contribution in [0.1, 0.15) is 37.0 Å². The molecule has 3 aliphatic rings. The number of halogens is 2. The zero-order valence-corrected chi connectivity index (χ0v) is 18.2. The Hall–Kier alpha value is -2.71. The molecule has 0 radical (unpaired) electrons. The van der Waals surface area contributed by atoms with E-state index in [1.54, 1.807) is 6.92 Å². The zero-order chi connectivity index (χ0) is 22.3. The van der Waals surface area contributed by atoms with E-state index < -0.39 is 5.82 Å². The maximum Gasteiger partial charge on any atom is 0.258 e. The second-order valence-corrected chi connectivity index (χ2v) is 8.56. The third-order valence-corrected chi connectivity index (χ3v) is 6.42. The second kappa shape index (κ2) is 8.43. The summed E-state index contributed by atoms with van der Waals surface area (Å²) in [5, 5.41) is 12.0. The summed E-state index contributed by atoms with van der Waals surface area (Å²) < 4.78 is 19.8. The highest BCUT2D eigenvalue weighted by molar-refractivity contribution is 6.43. The minimum Gasteiger partial charge on any atom is -0.489 e. The minimum atomic E-state index is -0.464. The standard InChI is InChI=1S/C22H25ClFN5O2/c1-11-20(23)12(2)28-21(27-11)17-9-29(10-18(17)26)22(30)16-4-3-14(24)7-19(16)31-15-5-13(6-15)8-25/h3-4,7,13,15,26-27H,5-6,8-10,25H2,1-2H3/b21-17+,26-18?. The summed E-state index contributed by atoms with van der Waals surface area (Å²) in [5.41, 5.74) is 8.28. The minimum absolute atomic E-state index is 0.0697. The molecular formula is C22H25ClFN5O2. The van der Waals surface area contributed by atoms with Crippen molar-refractivity contribution < 1.29 is 13.9 Å². The highest BCUT2D eigenvalue weighted by Gasteiger charge is 2.34. The molecule has 9 heteroatoms. The van der Waals surface area contributed by atoms with Crippen molar-refractivity contribution in [1.29, 1.82) is 5.41 Å². The first-order valence-electron chi connectivity index (χ1n) is 10.2. The monoisotopic (exact) mass is 445 g/mol. The van der Waals surface area contributed by atoms with E-state index in [0.717, 1.165) is 18.5 Å². The van der Waals surface area contributed by atoms with Crippen LogP contribution in [0.25, 0.3) is 0 Å². The fourth-order valence-corrected chi connectivity index (χ4v) is 4.05. The third kappa shape index (κ3) is 4.22. The van der Waals surface area contributed by atoms with E-state index in [-0.39, 0.29) is 36.4 Å². The molecule has 164 valence electrons. The smallest absolute Gasteiger partial charge is 0.258 e. The molecular weight excluding hydrogens is 421 g/mol. The van der Waals surface area contributed by atoms with E-state index in [2.05, 4.69) is 10.3 Å². The van der Waals surface area contributed by atoms with Gasteiger partial charge in [0.15, 0.2) is 0 Å². The largest absolute Gasteiger partial charge is 0.489 e. The number of hydrogen-bond donors (Lipinski definition) is 3. The topological polar surface area (TPSA) is 104 Å². The van der Waals surface area contributed by atoms with E-state index in [0.29, 0.717) is 40.3 Å². The Morgan fingerprint density at radius 1 is 1.39 bits per heavy atom. The number of allylic oxidation sites excluding steroid dienone is 2. The summed E-state index contributed by atoms with van der Waals surface area (Å²) in [6, 6.07) is 3.93. The Kier molecular flexibility index (Phi) is 5.85. The summed E-state index contributed by atoms with van der Waals surface area (Å²) >= 11 is 6.19. The molecule has 31 heavy (non-hydrogen) atoms. The van der Waals surface area contributed by atoms with E-state index in [1.165, 1.54) is 23.1 Å². The van der Waals surface area contributed by atoms with E-state index in [1.807, 2.05) is 6.92 Å². The van der Waals surface area contributed by atoms with Crippen molar-refractivity contribution in [1.82, 2.24) is 10.2 Å². The average molecular weight is 446 g/mol. The fraction of sp³-hybridized carbons (Fsp3) is 0.409. The summed E-state index contributed by atoms with van der Waals surface area (Å²) in [4.78, 5) is 19.2. The number of rotatable bonds is 4. The van der Waals surface area contributed by atoms with Crippen LogP contribution in [0.4, 0.5) is 4.39 Å². The Morgan fingerprint density at radius 2 is 2.13 bits per heavy atom. The number of likely N-dealkylation sites (tertiary alicyclic amines) is 1. The van der Waals surface area contributed by atoms with E-state index in [9.17, 15) is 9.18 Å². The summed E-state index contributed by atoms with van der Waals surface area (Å²) in [6.07, 6.45) is 1.52. The van der Waals surface area contributed by atoms with Crippen molar-refractivity contribution in [2.24, 2.45) is 16.6 Å². The SMILES string of the molecule is CC1=N/C(=C2\CN(C(=O)c3ccc(F)cc3OC3CC(CN)C3)CC2=N)NC(C)=C1Cl. The van der Waals surface area contributed by atoms with Gasteiger partial charge >= 0.3 is 0 Å². The van der Waals surface area contributed by atoms with Crippen LogP contribution in [0.2, 0.25) is 0 Å². The van der Waals surface area contributed by atoms with Gasteiger partial charge in [0.25, 0.3) is 5.91 Å². The van der Waals surface area contributed by atoms with Crippen molar-refractivity contribution in [2.45, 2.75) is 32.8 Å². The Bertz CT molecular complexity index is 1040. The van der Waals surface area contributed by atoms with Gasteiger partial charge in [-0.3, -0.25) is 4.79 Å². The molecule has 1 saturated carbocycles. The highest BCUT2D eigenvalue weighted by atomic mass is 35.5. The molecule has 2 fully saturated rings. The molecule has 1 aromatic rings. The molecule has 4 N–H and O–H groups in total. The average Bonchev–Trinajstić information content (AvgIpc) is 3.09. The van der Waals surface area contributed by atoms with Crippen LogP contribution in [0, 0.1) is 17.1 Å². The number of benzene rings is 1. The van der Waals surface area contributed by atoms with Crippen LogP contribution in [-0.4, -0.2) is 48.0 Å². The normalized spacial score (nSPS) is 25.9. The Morgan fingerprint density at radius 3 is 2.81 bits per heavy atom. The maximum atomic E-state index is 13.9. The molecule has 7 nitrogen and oxygen atoms in total. The second-order valence-electron chi connectivity index (χ2n) is 8.18. The van der Waals surface area contributed by atoms with Crippen molar-refractivity contribution in [3.8, 4) is 5.75 Å². The predicted molar refractivity (Wildman–Crippen MR) is 118 cm³/mol. The van der Waals surface area contributed by atoms with Gasteiger partial charge in [-0.05, 0) is 51.3 Å². The lowest BCUT2D eigenvalue weighted by atomic mass is 9.82. The van der Waals surface area contributed by atoms with Gasteiger partial charge in [-0.15, -0.1) is 0 Å². The quantitative estimate of drug-likeness (QED) is 0.662. The number of nitrogens with zero attached hydrogens (tertiary/aromatic N) is 2. The Labute approximate surface area is 185 Å². The number of carbonyl (C=O) groups is 1. The number of carbonyl (C=O) groups excluding carboxylic acids is 1. The molecule has 0 aromatic heterocycles. The van der Waals surface area contributed by atoms with Gasteiger partial charge in [-0.1, -0.05) is 11.6 Å². The molecule has 2 aliphatic heterocycles. The first-order valence-corrected chi connectivity index (χ1v) is 10.6. The van der Waals surface area contributed by atoms with Gasteiger partial charge in [-0.25, -0.2) is 9.38 Å². The van der Waals surface area contributed by atoms with Gasteiger partial charge in [0.2, 0.25) is 0 Å². The number of nitrogens with two attached hydrogens (primary N) is 1. The van der Waals surface area contributed by atoms with Crippen molar-refractivity contribution in [2.75, 3.05) is 19.6 Å². The molecule has 1 saturated heterocycles. The molecule has 0 unspecified atom stereocenters. The number of hydrogen-bond acceptors (Lipinski definition) is 6. The molecule has 0 spiro atoms. The van der Waals surface area contributed by atoms with Gasteiger partial charge in [0, 0.05) is 17.3 Å². The van der Waals surface area contributed by atoms with Crippen LogP contribution in [0.15, 0.2) is 45.3 Å². The number of nitrogens with one attached hydrogen (secondary N) is 2. The van der Waals surface area contributed by atoms with Gasteiger partial charge in [-0.2, -0.15) is 0 Å². The lowest BCUT2D eigenvalue weighted by molar-refractivity contribution is 0.0645. The highest BCUT2D eigenvalue weighted by Crippen LogP contribution is 2.33. The first-order chi connectivity index (χ1) is 14.8. The van der Waals surface area contributed by atoms with Crippen LogP contribution >= 0.6 is 11.6 Å². The molecule has 0 atom stereocenters. The zero-order valence-electron chi connectivity index (χ0n) is 17.5. The van der Waals surface area contributed by atoms with Crippen LogP contribution < -0.4 is 15.8 Å². The summed E-state index contributed by atoms with van der Waals surface area (Å²) in [6.45, 7) is 4.59. The van der Waals surface area contributed by atoms with E-state index in [4.69, 9.17) is 27.5 Å². The number of ether oxygens (including phenoxy) is 1. The van der Waals surface area contributed by atoms with Crippen LogP contribution in [0.3, 0.4) is 0 Å². The molecule has 1 aliphatic carbocycles. The predicted octanol–water partition coefficient (Wildman–Crippen LogP) is 3.16. The molecule has 0 bridgehead atoms. The third-order valence-electron chi connectivity index (χ3n) is 5.86. The lowest BCUT2D eigenvalue weighted by Gasteiger charge is -2.35. The van der Waals surface area contributed by atoms with Crippen LogP contribution in [0.5, 0.6) is 5.75 Å². The number of aliphatic imine (C=N–C) groups is 1. The lowest BCUT2D eigenvalue weighted by Crippen LogP contribution is -2.38. The summed E-state index contributed by atoms with van der Waals surface area (Å²) in [7, 11) is 0. The molecule has 1 amide bonds.